The van der Waals surface area contributed by atoms with Gasteiger partial charge in [-0.3, -0.25) is 10.6 Å². The number of hydrogen-bond acceptors (Lipinski definition) is 9. The molecule has 0 bridgehead atoms. The summed E-state index contributed by atoms with van der Waals surface area (Å²) in [5.74, 6) is -2.32. The average molecular weight is 549 g/mol. The fraction of sp³-hybridized carbons (Fsp3) is 0.560. The van der Waals surface area contributed by atoms with Gasteiger partial charge < -0.3 is 24.2 Å². The number of nitrogens with zero attached hydrogens (tertiary/aromatic N) is 6. The van der Waals surface area contributed by atoms with Crippen molar-refractivity contribution in [2.24, 2.45) is 0 Å². The predicted octanol–water partition coefficient (Wildman–Crippen LogP) is 3.29. The molecule has 1 atom stereocenters. The van der Waals surface area contributed by atoms with Crippen molar-refractivity contribution in [3.8, 4) is 5.88 Å². The summed E-state index contributed by atoms with van der Waals surface area (Å²) < 4.78 is 40.6. The Labute approximate surface area is 225 Å². The van der Waals surface area contributed by atoms with Crippen molar-refractivity contribution in [1.82, 2.24) is 24.8 Å². The number of aromatic nitrogens is 3. The maximum Gasteiger partial charge on any atom is 0.411 e. The minimum atomic E-state index is -3.12. The first kappa shape index (κ1) is 28.2. The Hall–Kier alpha value is -3.81. The van der Waals surface area contributed by atoms with Gasteiger partial charge in [-0.25, -0.2) is 33.3 Å². The first-order valence-corrected chi connectivity index (χ1v) is 12.9. The van der Waals surface area contributed by atoms with Crippen LogP contribution in [-0.2, 0) is 4.74 Å². The lowest BCUT2D eigenvalue weighted by Gasteiger charge is -2.42. The molecule has 0 aliphatic carbocycles. The molecule has 2 N–H and O–H groups in total. The van der Waals surface area contributed by atoms with E-state index in [4.69, 9.17) is 9.47 Å². The van der Waals surface area contributed by atoms with Crippen LogP contribution >= 0.6 is 0 Å². The second-order valence-corrected chi connectivity index (χ2v) is 9.62. The number of nitrogens with one attached hydrogen (secondary N) is 2. The van der Waals surface area contributed by atoms with Gasteiger partial charge in [0, 0.05) is 57.6 Å². The second-order valence-electron chi connectivity index (χ2n) is 9.62. The van der Waals surface area contributed by atoms with Crippen molar-refractivity contribution in [1.29, 1.82) is 0 Å². The molecule has 2 fully saturated rings. The Morgan fingerprint density at radius 3 is 2.62 bits per heavy atom. The third-order valence-electron chi connectivity index (χ3n) is 6.79. The SMILES string of the molecule is CCOc1cnc(NC(=O)N(C)[C@H]2CN(c3cc(NC(=O)OC4CCN(C)CC4)ccn3)CCC2(F)F)cn1. The van der Waals surface area contributed by atoms with Crippen molar-refractivity contribution in [2.75, 3.05) is 62.4 Å². The molecule has 0 spiro atoms. The molecule has 39 heavy (non-hydrogen) atoms. The van der Waals surface area contributed by atoms with E-state index in [1.165, 1.54) is 25.6 Å². The standard InChI is InChI=1S/C25H34F2N8O4/c1-4-38-22-15-29-20(14-30-22)32-23(36)34(3)19-16-35(12-8-25(19,26)27)21-13-17(5-9-28-21)31-24(37)39-18-6-10-33(2)11-7-18/h5,9,13-15,18-19H,4,6-8,10-12,16H2,1-3H3,(H,28,31,37)(H,29,32,36)/t19-/m0/s1. The number of alkyl halides is 2. The number of carbonyl (C=O) groups excluding carboxylic acids is 2. The van der Waals surface area contributed by atoms with E-state index in [0.29, 0.717) is 18.1 Å². The number of urea groups is 1. The molecule has 12 nitrogen and oxygen atoms in total. The molecule has 2 aliphatic heterocycles. The Morgan fingerprint density at radius 1 is 1.15 bits per heavy atom. The van der Waals surface area contributed by atoms with Crippen LogP contribution in [0.15, 0.2) is 30.7 Å². The number of likely N-dealkylation sites (tertiary alicyclic amines) is 1. The van der Waals surface area contributed by atoms with E-state index < -0.39 is 30.5 Å². The highest BCUT2D eigenvalue weighted by atomic mass is 19.3. The molecule has 2 aromatic rings. The van der Waals surface area contributed by atoms with E-state index in [0.717, 1.165) is 30.8 Å². The number of pyridine rings is 1. The zero-order valence-electron chi connectivity index (χ0n) is 22.3. The molecule has 2 aliphatic rings. The quantitative estimate of drug-likeness (QED) is 0.536. The Bertz CT molecular complexity index is 1130. The molecule has 0 aromatic carbocycles. The first-order valence-electron chi connectivity index (χ1n) is 12.9. The number of likely N-dealkylation sites (N-methyl/N-ethyl adjacent to an activating group) is 1. The largest absolute Gasteiger partial charge is 0.477 e. The van der Waals surface area contributed by atoms with Gasteiger partial charge in [0.25, 0.3) is 5.92 Å². The number of ether oxygens (including phenoxy) is 2. The number of carbonyl (C=O) groups is 2. The van der Waals surface area contributed by atoms with Crippen LogP contribution in [0.3, 0.4) is 0 Å². The van der Waals surface area contributed by atoms with Gasteiger partial charge in [-0.1, -0.05) is 0 Å². The predicted molar refractivity (Wildman–Crippen MR) is 140 cm³/mol. The van der Waals surface area contributed by atoms with Gasteiger partial charge in [0.15, 0.2) is 5.82 Å². The molecule has 4 heterocycles. The van der Waals surface area contributed by atoms with Gasteiger partial charge in [-0.15, -0.1) is 0 Å². The highest BCUT2D eigenvalue weighted by Gasteiger charge is 2.48. The summed E-state index contributed by atoms with van der Waals surface area (Å²) in [5, 5.41) is 5.20. The zero-order valence-corrected chi connectivity index (χ0v) is 22.3. The molecular formula is C25H34F2N8O4. The number of piperidine rings is 2. The van der Waals surface area contributed by atoms with E-state index in [2.05, 4.69) is 30.5 Å². The minimum Gasteiger partial charge on any atom is -0.477 e. The van der Waals surface area contributed by atoms with E-state index in [-0.39, 0.29) is 30.9 Å². The monoisotopic (exact) mass is 548 g/mol. The molecule has 3 amide bonds. The summed E-state index contributed by atoms with van der Waals surface area (Å²) >= 11 is 0. The van der Waals surface area contributed by atoms with Gasteiger partial charge in [0.1, 0.15) is 18.0 Å². The average Bonchev–Trinajstić information content (AvgIpc) is 2.91. The fourth-order valence-corrected chi connectivity index (χ4v) is 4.51. The highest BCUT2D eigenvalue weighted by Crippen LogP contribution is 2.34. The lowest BCUT2D eigenvalue weighted by molar-refractivity contribution is -0.0759. The number of hydrogen-bond donors (Lipinski definition) is 2. The second kappa shape index (κ2) is 12.4. The summed E-state index contributed by atoms with van der Waals surface area (Å²) in [6, 6.07) is 1.02. The normalized spacial score (nSPS) is 19.7. The first-order chi connectivity index (χ1) is 18.6. The molecule has 0 saturated carbocycles. The van der Waals surface area contributed by atoms with E-state index in [9.17, 15) is 18.4 Å². The third-order valence-corrected chi connectivity index (χ3v) is 6.79. The van der Waals surface area contributed by atoms with Gasteiger partial charge in [0.05, 0.1) is 19.0 Å². The van der Waals surface area contributed by atoms with Gasteiger partial charge in [-0.05, 0) is 32.9 Å². The Kier molecular flexibility index (Phi) is 8.94. The molecule has 14 heteroatoms. The zero-order chi connectivity index (χ0) is 28.0. The maximum absolute atomic E-state index is 15.0. The van der Waals surface area contributed by atoms with Crippen molar-refractivity contribution < 1.29 is 27.8 Å². The van der Waals surface area contributed by atoms with Crippen LogP contribution < -0.4 is 20.3 Å². The van der Waals surface area contributed by atoms with Gasteiger partial charge in [-0.2, -0.15) is 0 Å². The number of halogens is 2. The topological polar surface area (TPSA) is 125 Å². The van der Waals surface area contributed by atoms with Crippen LogP contribution in [0.5, 0.6) is 5.88 Å². The van der Waals surface area contributed by atoms with Crippen LogP contribution in [0.25, 0.3) is 0 Å². The molecule has 0 unspecified atom stereocenters. The van der Waals surface area contributed by atoms with Crippen LogP contribution in [0, 0.1) is 0 Å². The van der Waals surface area contributed by atoms with Crippen LogP contribution in [0.2, 0.25) is 0 Å². The smallest absolute Gasteiger partial charge is 0.411 e. The van der Waals surface area contributed by atoms with Gasteiger partial charge in [0.2, 0.25) is 5.88 Å². The van der Waals surface area contributed by atoms with Crippen molar-refractivity contribution in [2.45, 2.75) is 44.3 Å². The summed E-state index contributed by atoms with van der Waals surface area (Å²) in [5.41, 5.74) is 0.437. The molecule has 2 saturated heterocycles. The van der Waals surface area contributed by atoms with E-state index in [1.807, 2.05) is 7.05 Å². The Morgan fingerprint density at radius 2 is 1.92 bits per heavy atom. The lowest BCUT2D eigenvalue weighted by atomic mass is 9.99. The molecule has 2 aromatic heterocycles. The number of rotatable bonds is 7. The van der Waals surface area contributed by atoms with Crippen LogP contribution in [0.1, 0.15) is 26.2 Å². The number of anilines is 3. The van der Waals surface area contributed by atoms with Crippen molar-refractivity contribution >= 4 is 29.4 Å². The summed E-state index contributed by atoms with van der Waals surface area (Å²) in [4.78, 5) is 42.4. The van der Waals surface area contributed by atoms with E-state index >= 15 is 0 Å². The maximum atomic E-state index is 15.0. The lowest BCUT2D eigenvalue weighted by Crippen LogP contribution is -2.60. The summed E-state index contributed by atoms with van der Waals surface area (Å²) in [7, 11) is 3.33. The van der Waals surface area contributed by atoms with Crippen LogP contribution in [-0.4, -0.2) is 102 Å². The fourth-order valence-electron chi connectivity index (χ4n) is 4.51. The molecule has 4 rings (SSSR count). The molecule has 0 radical (unpaired) electrons. The number of amides is 3. The third kappa shape index (κ3) is 7.40. The molecule has 212 valence electrons. The van der Waals surface area contributed by atoms with Crippen LogP contribution in [0.4, 0.5) is 35.7 Å². The molecular weight excluding hydrogens is 514 g/mol. The Balaban J connectivity index is 1.37. The highest BCUT2D eigenvalue weighted by molar-refractivity contribution is 5.88. The van der Waals surface area contributed by atoms with Crippen molar-refractivity contribution in [3.63, 3.8) is 0 Å². The summed E-state index contributed by atoms with van der Waals surface area (Å²) in [6.45, 7) is 3.79. The summed E-state index contributed by atoms with van der Waals surface area (Å²) in [6.07, 6.45) is 4.46. The van der Waals surface area contributed by atoms with E-state index in [1.54, 1.807) is 24.0 Å². The van der Waals surface area contributed by atoms with Gasteiger partial charge >= 0.3 is 12.1 Å². The minimum absolute atomic E-state index is 0.0276. The van der Waals surface area contributed by atoms with Crippen molar-refractivity contribution in [3.05, 3.63) is 30.7 Å².